The van der Waals surface area contributed by atoms with Crippen molar-refractivity contribution in [2.75, 3.05) is 6.61 Å². The minimum atomic E-state index is -0.211. The Labute approximate surface area is 116 Å². The summed E-state index contributed by atoms with van der Waals surface area (Å²) in [5, 5.41) is 4.44. The summed E-state index contributed by atoms with van der Waals surface area (Å²) in [5.41, 5.74) is 2.86. The fourth-order valence-corrected chi connectivity index (χ4v) is 2.45. The maximum Gasteiger partial charge on any atom is 0.307 e. The normalized spacial score (nSPS) is 11.1. The van der Waals surface area contributed by atoms with Crippen molar-refractivity contribution in [1.29, 1.82) is 0 Å². The van der Waals surface area contributed by atoms with Gasteiger partial charge in [-0.25, -0.2) is 0 Å². The average molecular weight is 282 g/mol. The molecule has 0 aliphatic rings. The number of imidazole rings is 1. The highest BCUT2D eigenvalue weighted by Gasteiger charge is 2.14. The van der Waals surface area contributed by atoms with Gasteiger partial charge in [-0.15, -0.1) is 0 Å². The highest BCUT2D eigenvalue weighted by molar-refractivity contribution is 7.71. The Bertz CT molecular complexity index is 653. The van der Waals surface area contributed by atoms with Crippen LogP contribution in [0.5, 0.6) is 0 Å². The van der Waals surface area contributed by atoms with Gasteiger partial charge in [0.25, 0.3) is 0 Å². The first kappa shape index (κ1) is 13.8. The van der Waals surface area contributed by atoms with Crippen molar-refractivity contribution in [1.82, 2.24) is 19.3 Å². The fraction of sp³-hybridized carbons (Fsp3) is 0.583. The molecule has 7 heteroatoms. The van der Waals surface area contributed by atoms with Crippen molar-refractivity contribution < 1.29 is 9.53 Å². The van der Waals surface area contributed by atoms with Gasteiger partial charge in [0.1, 0.15) is 5.52 Å². The number of hydrogen-bond donors (Lipinski definition) is 1. The zero-order chi connectivity index (χ0) is 14.0. The Morgan fingerprint density at radius 1 is 1.47 bits per heavy atom. The summed E-state index contributed by atoms with van der Waals surface area (Å²) in [6.07, 6.45) is 1.15. The van der Waals surface area contributed by atoms with Gasteiger partial charge in [0.2, 0.25) is 0 Å². The van der Waals surface area contributed by atoms with Crippen LogP contribution in [-0.4, -0.2) is 31.9 Å². The van der Waals surface area contributed by atoms with Crippen LogP contribution in [0.15, 0.2) is 0 Å². The standard InChI is InChI=1S/C12H18N4O2S/c1-4-8-10-11(15(3)14-8)16(12(19)13-10)7-6-9(17)18-5-2/h4-7H2,1-3H3,(H,13,19). The lowest BCUT2D eigenvalue weighted by Gasteiger charge is -2.04. The molecule has 2 aromatic rings. The molecule has 0 saturated carbocycles. The van der Waals surface area contributed by atoms with E-state index in [1.54, 1.807) is 11.6 Å². The molecule has 0 amide bonds. The van der Waals surface area contributed by atoms with E-state index in [0.29, 0.717) is 24.3 Å². The van der Waals surface area contributed by atoms with Gasteiger partial charge in [-0.05, 0) is 25.6 Å². The third kappa shape index (κ3) is 2.56. The number of hydrogen-bond acceptors (Lipinski definition) is 4. The third-order valence-corrected chi connectivity index (χ3v) is 3.32. The molecule has 2 aromatic heterocycles. The van der Waals surface area contributed by atoms with Crippen molar-refractivity contribution in [3.05, 3.63) is 10.5 Å². The van der Waals surface area contributed by atoms with Crippen molar-refractivity contribution in [3.63, 3.8) is 0 Å². The smallest absolute Gasteiger partial charge is 0.307 e. The van der Waals surface area contributed by atoms with E-state index in [1.165, 1.54) is 0 Å². The lowest BCUT2D eigenvalue weighted by atomic mass is 10.3. The molecule has 104 valence electrons. The third-order valence-electron chi connectivity index (χ3n) is 3.00. The molecule has 0 aromatic carbocycles. The zero-order valence-corrected chi connectivity index (χ0v) is 12.2. The molecule has 6 nitrogen and oxygen atoms in total. The van der Waals surface area contributed by atoms with E-state index >= 15 is 0 Å². The minimum Gasteiger partial charge on any atom is -0.466 e. The first-order chi connectivity index (χ1) is 9.08. The summed E-state index contributed by atoms with van der Waals surface area (Å²) in [6, 6.07) is 0. The largest absolute Gasteiger partial charge is 0.466 e. The number of rotatable bonds is 5. The molecule has 2 heterocycles. The van der Waals surface area contributed by atoms with Gasteiger partial charge in [0.05, 0.1) is 18.7 Å². The van der Waals surface area contributed by atoms with E-state index in [-0.39, 0.29) is 5.97 Å². The van der Waals surface area contributed by atoms with E-state index in [2.05, 4.69) is 17.0 Å². The van der Waals surface area contributed by atoms with Crippen LogP contribution in [0.1, 0.15) is 26.0 Å². The van der Waals surface area contributed by atoms with Gasteiger partial charge in [0.15, 0.2) is 10.4 Å². The van der Waals surface area contributed by atoms with Crippen molar-refractivity contribution >= 4 is 29.4 Å². The van der Waals surface area contributed by atoms with Crippen LogP contribution in [0.25, 0.3) is 11.2 Å². The van der Waals surface area contributed by atoms with Crippen LogP contribution in [0.2, 0.25) is 0 Å². The number of carbonyl (C=O) groups is 1. The van der Waals surface area contributed by atoms with E-state index in [0.717, 1.165) is 23.3 Å². The van der Waals surface area contributed by atoms with Gasteiger partial charge in [-0.2, -0.15) is 5.10 Å². The van der Waals surface area contributed by atoms with Crippen LogP contribution >= 0.6 is 12.2 Å². The second-order valence-corrected chi connectivity index (χ2v) is 4.65. The maximum absolute atomic E-state index is 11.4. The van der Waals surface area contributed by atoms with Crippen molar-refractivity contribution in [2.24, 2.45) is 7.05 Å². The first-order valence-corrected chi connectivity index (χ1v) is 6.79. The number of aromatic nitrogens is 4. The van der Waals surface area contributed by atoms with E-state index < -0.39 is 0 Å². The number of carbonyl (C=O) groups excluding carboxylic acids is 1. The van der Waals surface area contributed by atoms with E-state index in [9.17, 15) is 4.79 Å². The molecule has 2 rings (SSSR count). The average Bonchev–Trinajstić information content (AvgIpc) is 2.85. The number of H-pyrrole nitrogens is 1. The number of nitrogens with one attached hydrogen (secondary N) is 1. The molecule has 0 aliphatic carbocycles. The molecule has 1 N–H and O–H groups in total. The summed E-state index contributed by atoms with van der Waals surface area (Å²) in [6.45, 7) is 4.75. The second kappa shape index (κ2) is 5.56. The number of aryl methyl sites for hydroxylation is 3. The molecule has 19 heavy (non-hydrogen) atoms. The number of nitrogens with zero attached hydrogens (tertiary/aromatic N) is 3. The Morgan fingerprint density at radius 2 is 2.21 bits per heavy atom. The van der Waals surface area contributed by atoms with Crippen molar-refractivity contribution in [2.45, 2.75) is 33.2 Å². The number of aromatic amines is 1. The predicted octanol–water partition coefficient (Wildman–Crippen LogP) is 1.95. The fourth-order valence-electron chi connectivity index (χ4n) is 2.17. The summed E-state index contributed by atoms with van der Waals surface area (Å²) in [5.74, 6) is -0.211. The monoisotopic (exact) mass is 282 g/mol. The van der Waals surface area contributed by atoms with Gasteiger partial charge in [-0.3, -0.25) is 9.48 Å². The lowest BCUT2D eigenvalue weighted by Crippen LogP contribution is -2.10. The molecule has 0 aliphatic heterocycles. The van der Waals surface area contributed by atoms with Gasteiger partial charge < -0.3 is 14.3 Å². The molecule has 0 unspecified atom stereocenters. The maximum atomic E-state index is 11.4. The summed E-state index contributed by atoms with van der Waals surface area (Å²) < 4.78 is 9.24. The summed E-state index contributed by atoms with van der Waals surface area (Å²) in [4.78, 5) is 14.6. The topological polar surface area (TPSA) is 64.8 Å². The molecular weight excluding hydrogens is 264 g/mol. The Kier molecular flexibility index (Phi) is 4.04. The van der Waals surface area contributed by atoms with Crippen molar-refractivity contribution in [3.8, 4) is 0 Å². The molecule has 0 bridgehead atoms. The Balaban J connectivity index is 2.33. The summed E-state index contributed by atoms with van der Waals surface area (Å²) >= 11 is 5.30. The van der Waals surface area contributed by atoms with Crippen LogP contribution in [0.4, 0.5) is 0 Å². The Morgan fingerprint density at radius 3 is 2.84 bits per heavy atom. The highest BCUT2D eigenvalue weighted by Crippen LogP contribution is 2.18. The van der Waals surface area contributed by atoms with Crippen LogP contribution < -0.4 is 0 Å². The predicted molar refractivity (Wildman–Crippen MR) is 74.5 cm³/mol. The summed E-state index contributed by atoms with van der Waals surface area (Å²) in [7, 11) is 1.88. The minimum absolute atomic E-state index is 0.211. The SMILES string of the molecule is CCOC(=O)CCn1c(=S)[nH]c2c(CC)nn(C)c21. The molecular formula is C12H18N4O2S. The van der Waals surface area contributed by atoms with Gasteiger partial charge in [0, 0.05) is 13.6 Å². The van der Waals surface area contributed by atoms with Crippen LogP contribution in [-0.2, 0) is 29.5 Å². The second-order valence-electron chi connectivity index (χ2n) is 4.26. The van der Waals surface area contributed by atoms with Gasteiger partial charge >= 0.3 is 5.97 Å². The van der Waals surface area contributed by atoms with Gasteiger partial charge in [-0.1, -0.05) is 6.92 Å². The molecule has 0 saturated heterocycles. The highest BCUT2D eigenvalue weighted by atomic mass is 32.1. The zero-order valence-electron chi connectivity index (χ0n) is 11.4. The van der Waals surface area contributed by atoms with E-state index in [4.69, 9.17) is 17.0 Å². The molecule has 0 spiro atoms. The number of fused-ring (bicyclic) bond motifs is 1. The van der Waals surface area contributed by atoms with Crippen LogP contribution in [0, 0.1) is 4.77 Å². The lowest BCUT2D eigenvalue weighted by molar-refractivity contribution is -0.143. The number of ether oxygens (including phenoxy) is 1. The first-order valence-electron chi connectivity index (χ1n) is 6.38. The Hall–Kier alpha value is -1.63. The molecule has 0 fully saturated rings. The van der Waals surface area contributed by atoms with Crippen LogP contribution in [0.3, 0.4) is 0 Å². The molecule has 0 atom stereocenters. The number of esters is 1. The van der Waals surface area contributed by atoms with E-state index in [1.807, 2.05) is 11.6 Å². The molecule has 0 radical (unpaired) electrons. The quantitative estimate of drug-likeness (QED) is 0.672.